The molecule has 0 fully saturated rings. The van der Waals surface area contributed by atoms with Gasteiger partial charge in [-0.05, 0) is 12.1 Å². The van der Waals surface area contributed by atoms with Crippen LogP contribution in [0.5, 0.6) is 0 Å². The molecule has 0 atom stereocenters. The SMILES string of the molecule is C#CCCC(=O)Sc1ccccc1C(=O)NCCC(N)=O. The molecule has 0 heterocycles. The molecule has 0 aliphatic rings. The Morgan fingerprint density at radius 3 is 2.62 bits per heavy atom. The van der Waals surface area contributed by atoms with Gasteiger partial charge in [-0.1, -0.05) is 23.9 Å². The van der Waals surface area contributed by atoms with Crippen LogP contribution in [-0.2, 0) is 9.59 Å². The lowest BCUT2D eigenvalue weighted by Crippen LogP contribution is -2.28. The Balaban J connectivity index is 2.70. The van der Waals surface area contributed by atoms with Crippen LogP contribution < -0.4 is 11.1 Å². The maximum Gasteiger partial charge on any atom is 0.252 e. The van der Waals surface area contributed by atoms with E-state index in [1.165, 1.54) is 0 Å². The molecule has 0 bridgehead atoms. The molecule has 0 aromatic heterocycles. The van der Waals surface area contributed by atoms with Gasteiger partial charge in [0.1, 0.15) is 0 Å². The Morgan fingerprint density at radius 1 is 1.24 bits per heavy atom. The van der Waals surface area contributed by atoms with E-state index in [1.54, 1.807) is 24.3 Å². The minimum absolute atomic E-state index is 0.0716. The fourth-order valence-electron chi connectivity index (χ4n) is 1.49. The van der Waals surface area contributed by atoms with Gasteiger partial charge in [0.2, 0.25) is 5.91 Å². The van der Waals surface area contributed by atoms with E-state index in [1.807, 2.05) is 0 Å². The Kier molecular flexibility index (Phi) is 7.05. The molecule has 0 spiro atoms. The van der Waals surface area contributed by atoms with Crippen LogP contribution in [0.3, 0.4) is 0 Å². The number of nitrogens with two attached hydrogens (primary N) is 1. The summed E-state index contributed by atoms with van der Waals surface area (Å²) in [6.45, 7) is 0.165. The molecule has 1 rings (SSSR count). The number of benzene rings is 1. The van der Waals surface area contributed by atoms with Crippen molar-refractivity contribution in [1.82, 2.24) is 5.32 Å². The second-order valence-corrected chi connectivity index (χ2v) is 5.25. The first-order chi connectivity index (χ1) is 10.0. The fourth-order valence-corrected chi connectivity index (χ4v) is 2.35. The average Bonchev–Trinajstić information content (AvgIpc) is 2.45. The zero-order valence-corrected chi connectivity index (χ0v) is 12.2. The highest BCUT2D eigenvalue weighted by atomic mass is 32.2. The molecule has 110 valence electrons. The first-order valence-corrected chi connectivity index (χ1v) is 7.16. The molecule has 2 amide bonds. The van der Waals surface area contributed by atoms with E-state index in [4.69, 9.17) is 12.2 Å². The average molecular weight is 304 g/mol. The van der Waals surface area contributed by atoms with Crippen molar-refractivity contribution in [2.24, 2.45) is 5.73 Å². The minimum atomic E-state index is -0.484. The maximum absolute atomic E-state index is 12.0. The number of hydrogen-bond donors (Lipinski definition) is 2. The van der Waals surface area contributed by atoms with Crippen molar-refractivity contribution < 1.29 is 14.4 Å². The highest BCUT2D eigenvalue weighted by molar-refractivity contribution is 8.13. The number of terminal acetylenes is 1. The molecular formula is C15H16N2O3S. The predicted molar refractivity (Wildman–Crippen MR) is 81.5 cm³/mol. The summed E-state index contributed by atoms with van der Waals surface area (Å²) in [5.74, 6) is 1.58. The van der Waals surface area contributed by atoms with Crippen molar-refractivity contribution in [1.29, 1.82) is 0 Å². The largest absolute Gasteiger partial charge is 0.370 e. The Labute approximate surface area is 127 Å². The standard InChI is InChI=1S/C15H16N2O3S/c1-2-3-8-14(19)21-12-7-5-4-6-11(12)15(20)17-10-9-13(16)18/h1,4-7H,3,8-10H2,(H2,16,18)(H,17,20). The molecule has 21 heavy (non-hydrogen) atoms. The van der Waals surface area contributed by atoms with Crippen LogP contribution in [0, 0.1) is 12.3 Å². The molecule has 0 unspecified atom stereocenters. The Bertz CT molecular complexity index is 579. The highest BCUT2D eigenvalue weighted by Crippen LogP contribution is 2.24. The second-order valence-electron chi connectivity index (χ2n) is 4.15. The molecule has 0 aliphatic heterocycles. The van der Waals surface area contributed by atoms with Gasteiger partial charge in [-0.3, -0.25) is 14.4 Å². The summed E-state index contributed by atoms with van der Waals surface area (Å²) < 4.78 is 0. The van der Waals surface area contributed by atoms with E-state index in [0.29, 0.717) is 16.9 Å². The first-order valence-electron chi connectivity index (χ1n) is 6.34. The number of amides is 2. The summed E-state index contributed by atoms with van der Waals surface area (Å²) in [4.78, 5) is 34.9. The van der Waals surface area contributed by atoms with Gasteiger partial charge in [-0.2, -0.15) is 0 Å². The summed E-state index contributed by atoms with van der Waals surface area (Å²) in [7, 11) is 0. The molecule has 0 aliphatic carbocycles. The van der Waals surface area contributed by atoms with Gasteiger partial charge in [-0.25, -0.2) is 0 Å². The lowest BCUT2D eigenvalue weighted by atomic mass is 10.2. The third-order valence-corrected chi connectivity index (χ3v) is 3.49. The van der Waals surface area contributed by atoms with E-state index in [9.17, 15) is 14.4 Å². The molecule has 5 nitrogen and oxygen atoms in total. The quantitative estimate of drug-likeness (QED) is 0.587. The van der Waals surface area contributed by atoms with Crippen LogP contribution in [0.1, 0.15) is 29.6 Å². The van der Waals surface area contributed by atoms with Gasteiger partial charge in [0.15, 0.2) is 5.12 Å². The van der Waals surface area contributed by atoms with E-state index in [2.05, 4.69) is 11.2 Å². The normalized spacial score (nSPS) is 9.67. The molecule has 1 aromatic carbocycles. The summed E-state index contributed by atoms with van der Waals surface area (Å²) in [5, 5.41) is 2.50. The topological polar surface area (TPSA) is 89.3 Å². The number of primary amides is 1. The summed E-state index contributed by atoms with van der Waals surface area (Å²) >= 11 is 0.991. The van der Waals surface area contributed by atoms with E-state index >= 15 is 0 Å². The number of nitrogens with one attached hydrogen (secondary N) is 1. The molecule has 1 aromatic rings. The number of carbonyl (C=O) groups excluding carboxylic acids is 3. The van der Waals surface area contributed by atoms with E-state index in [0.717, 1.165) is 11.8 Å². The lowest BCUT2D eigenvalue weighted by molar-refractivity contribution is -0.117. The van der Waals surface area contributed by atoms with Crippen LogP contribution >= 0.6 is 11.8 Å². The highest BCUT2D eigenvalue weighted by Gasteiger charge is 2.14. The molecule has 0 saturated carbocycles. The van der Waals surface area contributed by atoms with Crippen LogP contribution in [0.2, 0.25) is 0 Å². The first kappa shape index (κ1) is 16.8. The van der Waals surface area contributed by atoms with Crippen molar-refractivity contribution in [3.63, 3.8) is 0 Å². The van der Waals surface area contributed by atoms with Crippen LogP contribution in [0.15, 0.2) is 29.2 Å². The number of rotatable bonds is 7. The Hall–Kier alpha value is -2.26. The van der Waals surface area contributed by atoms with E-state index in [-0.39, 0.29) is 30.4 Å². The van der Waals surface area contributed by atoms with Crippen LogP contribution in [0.25, 0.3) is 0 Å². The van der Waals surface area contributed by atoms with Crippen molar-refractivity contribution in [2.75, 3.05) is 6.54 Å². The van der Waals surface area contributed by atoms with Gasteiger partial charge in [0, 0.05) is 30.7 Å². The molecule has 6 heteroatoms. The van der Waals surface area contributed by atoms with Crippen molar-refractivity contribution >= 4 is 28.7 Å². The number of hydrogen-bond acceptors (Lipinski definition) is 4. The van der Waals surface area contributed by atoms with Gasteiger partial charge >= 0.3 is 0 Å². The third kappa shape index (κ3) is 6.15. The molecule has 0 radical (unpaired) electrons. The van der Waals surface area contributed by atoms with Crippen molar-refractivity contribution in [3.8, 4) is 12.3 Å². The summed E-state index contributed by atoms with van der Waals surface area (Å²) in [6.07, 6.45) is 5.82. The van der Waals surface area contributed by atoms with Crippen molar-refractivity contribution in [2.45, 2.75) is 24.2 Å². The molecule has 0 saturated heterocycles. The van der Waals surface area contributed by atoms with Crippen molar-refractivity contribution in [3.05, 3.63) is 29.8 Å². The zero-order valence-electron chi connectivity index (χ0n) is 11.4. The van der Waals surface area contributed by atoms with Gasteiger partial charge in [-0.15, -0.1) is 12.3 Å². The summed E-state index contributed by atoms with van der Waals surface area (Å²) in [5.41, 5.74) is 5.39. The zero-order chi connectivity index (χ0) is 15.7. The number of carbonyl (C=O) groups is 3. The van der Waals surface area contributed by atoms with Crippen LogP contribution in [0.4, 0.5) is 0 Å². The monoisotopic (exact) mass is 304 g/mol. The number of thioether (sulfide) groups is 1. The smallest absolute Gasteiger partial charge is 0.252 e. The second kappa shape index (κ2) is 8.82. The fraction of sp³-hybridized carbons (Fsp3) is 0.267. The molecular weight excluding hydrogens is 288 g/mol. The van der Waals surface area contributed by atoms with Crippen LogP contribution in [-0.4, -0.2) is 23.5 Å². The van der Waals surface area contributed by atoms with Gasteiger partial charge < -0.3 is 11.1 Å². The summed E-state index contributed by atoms with van der Waals surface area (Å²) in [6, 6.07) is 6.77. The Morgan fingerprint density at radius 2 is 1.95 bits per heavy atom. The predicted octanol–water partition coefficient (Wildman–Crippen LogP) is 1.32. The van der Waals surface area contributed by atoms with E-state index < -0.39 is 5.91 Å². The minimum Gasteiger partial charge on any atom is -0.370 e. The molecule has 3 N–H and O–H groups in total. The van der Waals surface area contributed by atoms with Gasteiger partial charge in [0.25, 0.3) is 5.91 Å². The maximum atomic E-state index is 12.0. The van der Waals surface area contributed by atoms with Gasteiger partial charge in [0.05, 0.1) is 5.56 Å². The third-order valence-electron chi connectivity index (χ3n) is 2.49. The lowest BCUT2D eigenvalue weighted by Gasteiger charge is -2.08.